The first kappa shape index (κ1) is 54.1. The van der Waals surface area contributed by atoms with Crippen molar-refractivity contribution in [1.82, 2.24) is 5.32 Å². The average molecular weight is 822 g/mol. The summed E-state index contributed by atoms with van der Waals surface area (Å²) in [5.41, 5.74) is 0. The van der Waals surface area contributed by atoms with E-state index in [9.17, 15) is 35.4 Å². The SMILES string of the molecule is CCCCCCC/C=C/C=C/CC/C=C/C(O)C(CO[C@@H]1O[C@H](CO)[C@@H](O)[C@H](O)[C@H]1O)NC(=O)C(O)CCCCCCCCCCC/C=C\CCCCCCCCC. The number of ether oxygens (including phenoxy) is 2. The zero-order valence-corrected chi connectivity index (χ0v) is 36.7. The Hall–Kier alpha value is -1.89. The molecule has 0 spiro atoms. The molecule has 0 aromatic rings. The standard InChI is InChI=1S/C48H87NO9/c1-3-5-7-9-11-13-15-17-18-19-20-21-22-23-25-27-29-31-33-35-37-42(52)47(56)49-40(39-57-48-46(55)45(54)44(53)43(38-50)58-48)41(51)36-34-32-30-28-26-24-16-14-12-10-8-6-4-2/h16,18-19,24,26,28,34,36,40-46,48,50-55H,3-15,17,20-23,25,27,29-33,35,37-39H2,1-2H3,(H,49,56)/b19-18-,24-16+,28-26+,36-34+/t40?,41?,42?,43-,44-,45+,46-,48-/m1/s1. The second-order valence-corrected chi connectivity index (χ2v) is 16.4. The van der Waals surface area contributed by atoms with E-state index in [-0.39, 0.29) is 6.61 Å². The third-order valence-corrected chi connectivity index (χ3v) is 11.0. The molecule has 338 valence electrons. The number of unbranched alkanes of at least 4 members (excludes halogenated alkanes) is 22. The molecule has 1 amide bonds. The van der Waals surface area contributed by atoms with Crippen molar-refractivity contribution >= 4 is 5.91 Å². The first-order valence-corrected chi connectivity index (χ1v) is 23.5. The van der Waals surface area contributed by atoms with Crippen LogP contribution < -0.4 is 5.32 Å². The van der Waals surface area contributed by atoms with Gasteiger partial charge in [-0.25, -0.2) is 0 Å². The van der Waals surface area contributed by atoms with Gasteiger partial charge in [-0.3, -0.25) is 4.79 Å². The number of rotatable bonds is 38. The van der Waals surface area contributed by atoms with Crippen molar-refractivity contribution in [2.24, 2.45) is 0 Å². The Bertz CT molecular complexity index is 1060. The van der Waals surface area contributed by atoms with E-state index >= 15 is 0 Å². The van der Waals surface area contributed by atoms with Crippen molar-refractivity contribution < 1.29 is 44.9 Å². The monoisotopic (exact) mass is 822 g/mol. The van der Waals surface area contributed by atoms with Gasteiger partial charge in [0.2, 0.25) is 5.91 Å². The molecule has 0 radical (unpaired) electrons. The van der Waals surface area contributed by atoms with E-state index in [2.05, 4.69) is 49.5 Å². The van der Waals surface area contributed by atoms with E-state index in [1.807, 2.05) is 12.2 Å². The Kier molecular flexibility index (Phi) is 35.5. The lowest BCUT2D eigenvalue weighted by Gasteiger charge is -2.40. The van der Waals surface area contributed by atoms with Crippen LogP contribution in [0.3, 0.4) is 0 Å². The van der Waals surface area contributed by atoms with Gasteiger partial charge < -0.3 is 45.4 Å². The molecule has 3 unspecified atom stereocenters. The van der Waals surface area contributed by atoms with Crippen molar-refractivity contribution in [3.63, 3.8) is 0 Å². The van der Waals surface area contributed by atoms with Gasteiger partial charge in [0.25, 0.3) is 0 Å². The maximum absolute atomic E-state index is 13.0. The summed E-state index contributed by atoms with van der Waals surface area (Å²) in [6.07, 6.45) is 37.7. The van der Waals surface area contributed by atoms with Crippen LogP contribution in [0.5, 0.6) is 0 Å². The average Bonchev–Trinajstić information content (AvgIpc) is 3.22. The minimum Gasteiger partial charge on any atom is -0.394 e. The predicted octanol–water partition coefficient (Wildman–Crippen LogP) is 8.81. The van der Waals surface area contributed by atoms with Crippen LogP contribution in [0.25, 0.3) is 0 Å². The first-order chi connectivity index (χ1) is 28.3. The van der Waals surface area contributed by atoms with E-state index in [1.165, 1.54) is 122 Å². The Balaban J connectivity index is 2.40. The number of carbonyl (C=O) groups is 1. The van der Waals surface area contributed by atoms with Gasteiger partial charge >= 0.3 is 0 Å². The molecule has 0 aliphatic carbocycles. The summed E-state index contributed by atoms with van der Waals surface area (Å²) in [5.74, 6) is -0.636. The van der Waals surface area contributed by atoms with Crippen molar-refractivity contribution in [1.29, 1.82) is 0 Å². The van der Waals surface area contributed by atoms with Crippen molar-refractivity contribution in [3.05, 3.63) is 48.6 Å². The van der Waals surface area contributed by atoms with E-state index in [4.69, 9.17) is 9.47 Å². The molecule has 8 atom stereocenters. The van der Waals surface area contributed by atoms with E-state index in [0.29, 0.717) is 19.3 Å². The molecule has 1 fully saturated rings. The Morgan fingerprint density at radius 1 is 0.603 bits per heavy atom. The minimum absolute atomic E-state index is 0.296. The Morgan fingerprint density at radius 3 is 1.60 bits per heavy atom. The van der Waals surface area contributed by atoms with Gasteiger partial charge in [-0.15, -0.1) is 0 Å². The number of carbonyl (C=O) groups excluding carboxylic acids is 1. The fourth-order valence-electron chi connectivity index (χ4n) is 7.11. The summed E-state index contributed by atoms with van der Waals surface area (Å²) in [6, 6.07) is -1.01. The van der Waals surface area contributed by atoms with Gasteiger partial charge in [-0.2, -0.15) is 0 Å². The minimum atomic E-state index is -1.62. The quantitative estimate of drug-likeness (QED) is 0.0183. The predicted molar refractivity (Wildman–Crippen MR) is 236 cm³/mol. The fourth-order valence-corrected chi connectivity index (χ4v) is 7.11. The van der Waals surface area contributed by atoms with Gasteiger partial charge in [0.05, 0.1) is 25.4 Å². The molecule has 10 nitrogen and oxygen atoms in total. The van der Waals surface area contributed by atoms with Crippen LogP contribution in [0.4, 0.5) is 0 Å². The number of allylic oxidation sites excluding steroid dienone is 7. The van der Waals surface area contributed by atoms with Crippen LogP contribution in [0.2, 0.25) is 0 Å². The van der Waals surface area contributed by atoms with Crippen molar-refractivity contribution in [2.75, 3.05) is 13.2 Å². The van der Waals surface area contributed by atoms with Crippen LogP contribution in [-0.4, -0.2) is 98.7 Å². The van der Waals surface area contributed by atoms with Gasteiger partial charge in [0.15, 0.2) is 6.29 Å². The second-order valence-electron chi connectivity index (χ2n) is 16.4. The highest BCUT2D eigenvalue weighted by Crippen LogP contribution is 2.22. The molecule has 1 aliphatic heterocycles. The summed E-state index contributed by atoms with van der Waals surface area (Å²) >= 11 is 0. The Labute approximate surface area is 353 Å². The highest BCUT2D eigenvalue weighted by molar-refractivity contribution is 5.80. The summed E-state index contributed by atoms with van der Waals surface area (Å²) in [5, 5.41) is 64.6. The maximum Gasteiger partial charge on any atom is 0.249 e. The molecule has 7 N–H and O–H groups in total. The van der Waals surface area contributed by atoms with Crippen molar-refractivity contribution in [2.45, 2.75) is 236 Å². The van der Waals surface area contributed by atoms with Crippen molar-refractivity contribution in [3.8, 4) is 0 Å². The molecule has 0 aromatic carbocycles. The largest absolute Gasteiger partial charge is 0.394 e. The van der Waals surface area contributed by atoms with Crippen LogP contribution >= 0.6 is 0 Å². The zero-order valence-electron chi connectivity index (χ0n) is 36.7. The van der Waals surface area contributed by atoms with Crippen LogP contribution in [-0.2, 0) is 14.3 Å². The molecule has 0 saturated carbocycles. The molecule has 0 aromatic heterocycles. The normalized spacial score (nSPS) is 21.8. The molecule has 0 bridgehead atoms. The topological polar surface area (TPSA) is 169 Å². The van der Waals surface area contributed by atoms with Gasteiger partial charge in [-0.1, -0.05) is 178 Å². The van der Waals surface area contributed by atoms with E-state index < -0.39 is 61.5 Å². The second kappa shape index (κ2) is 38.1. The van der Waals surface area contributed by atoms with Gasteiger partial charge in [0.1, 0.15) is 30.5 Å². The van der Waals surface area contributed by atoms with E-state index in [1.54, 1.807) is 6.08 Å². The molecule has 1 heterocycles. The number of amides is 1. The fraction of sp³-hybridized carbons (Fsp3) is 0.812. The number of hydrogen-bond acceptors (Lipinski definition) is 9. The molecule has 1 rings (SSSR count). The smallest absolute Gasteiger partial charge is 0.249 e. The van der Waals surface area contributed by atoms with Crippen LogP contribution in [0, 0.1) is 0 Å². The number of aliphatic hydroxyl groups excluding tert-OH is 6. The maximum atomic E-state index is 13.0. The number of hydrogen-bond donors (Lipinski definition) is 7. The molecular formula is C48H87NO9. The lowest BCUT2D eigenvalue weighted by atomic mass is 9.99. The van der Waals surface area contributed by atoms with Crippen LogP contribution in [0.15, 0.2) is 48.6 Å². The zero-order chi connectivity index (χ0) is 42.5. The molecule has 10 heteroatoms. The van der Waals surface area contributed by atoms with Gasteiger partial charge in [-0.05, 0) is 57.8 Å². The third-order valence-electron chi connectivity index (χ3n) is 11.0. The Morgan fingerprint density at radius 2 is 1.07 bits per heavy atom. The van der Waals surface area contributed by atoms with Gasteiger partial charge in [0, 0.05) is 0 Å². The number of aliphatic hydroxyl groups is 6. The molecular weight excluding hydrogens is 735 g/mol. The summed E-state index contributed by atoms with van der Waals surface area (Å²) in [6.45, 7) is 3.54. The molecule has 1 saturated heterocycles. The lowest BCUT2D eigenvalue weighted by Crippen LogP contribution is -2.60. The lowest BCUT2D eigenvalue weighted by molar-refractivity contribution is -0.302. The summed E-state index contributed by atoms with van der Waals surface area (Å²) < 4.78 is 11.1. The summed E-state index contributed by atoms with van der Waals surface area (Å²) in [7, 11) is 0. The number of nitrogens with one attached hydrogen (secondary N) is 1. The van der Waals surface area contributed by atoms with Crippen LogP contribution in [0.1, 0.15) is 187 Å². The first-order valence-electron chi connectivity index (χ1n) is 23.5. The highest BCUT2D eigenvalue weighted by Gasteiger charge is 2.44. The summed E-state index contributed by atoms with van der Waals surface area (Å²) in [4.78, 5) is 13.0. The highest BCUT2D eigenvalue weighted by atomic mass is 16.7. The third kappa shape index (κ3) is 27.8. The molecule has 58 heavy (non-hydrogen) atoms. The van der Waals surface area contributed by atoms with E-state index in [0.717, 1.165) is 32.1 Å². The molecule has 1 aliphatic rings.